The third kappa shape index (κ3) is 4.30. The molecule has 0 saturated carbocycles. The summed E-state index contributed by atoms with van der Waals surface area (Å²) in [5, 5.41) is 7.87. The number of aromatic nitrogens is 1. The molecule has 122 valence electrons. The van der Waals surface area contributed by atoms with Crippen LogP contribution < -0.4 is 10.6 Å². The van der Waals surface area contributed by atoms with Gasteiger partial charge in [-0.05, 0) is 18.9 Å². The van der Waals surface area contributed by atoms with Crippen molar-refractivity contribution in [3.63, 3.8) is 0 Å². The third-order valence-corrected chi connectivity index (χ3v) is 4.93. The van der Waals surface area contributed by atoms with Crippen LogP contribution in [0.2, 0.25) is 0 Å². The number of amides is 2. The molecule has 2 atom stereocenters. The van der Waals surface area contributed by atoms with Gasteiger partial charge in [-0.1, -0.05) is 30.3 Å². The summed E-state index contributed by atoms with van der Waals surface area (Å²) in [7, 11) is 0. The molecule has 2 aromatic rings. The van der Waals surface area contributed by atoms with Gasteiger partial charge in [0.15, 0.2) is 0 Å². The Hall–Kier alpha value is -1.92. The summed E-state index contributed by atoms with van der Waals surface area (Å²) in [4.78, 5) is 18.5. The van der Waals surface area contributed by atoms with Crippen LogP contribution in [-0.2, 0) is 6.54 Å². The monoisotopic (exact) mass is 330 g/mol. The molecule has 1 aliphatic rings. The van der Waals surface area contributed by atoms with Gasteiger partial charge in [-0.15, -0.1) is 11.3 Å². The predicted molar refractivity (Wildman–Crippen MR) is 92.3 cm³/mol. The van der Waals surface area contributed by atoms with Crippen molar-refractivity contribution in [3.8, 4) is 0 Å². The van der Waals surface area contributed by atoms with Crippen molar-refractivity contribution < 1.29 is 4.79 Å². The van der Waals surface area contributed by atoms with Crippen LogP contribution in [0.3, 0.4) is 0 Å². The van der Waals surface area contributed by atoms with Gasteiger partial charge in [-0.25, -0.2) is 9.78 Å². The lowest BCUT2D eigenvalue weighted by Gasteiger charge is -2.24. The molecule has 2 N–H and O–H groups in total. The second-order valence-electron chi connectivity index (χ2n) is 5.87. The number of carbonyl (C=O) groups excluding carboxylic acids is 1. The van der Waals surface area contributed by atoms with E-state index in [9.17, 15) is 4.79 Å². The number of hydrogen-bond acceptors (Lipinski definition) is 4. The SMILES string of the molecule is C[C@@H](c1ccccc1)N1CC[C@@H](NC(=O)NCc2cscn2)C1. The Morgan fingerprint density at radius 1 is 1.43 bits per heavy atom. The summed E-state index contributed by atoms with van der Waals surface area (Å²) in [5.74, 6) is 0. The van der Waals surface area contributed by atoms with E-state index >= 15 is 0 Å². The lowest BCUT2D eigenvalue weighted by atomic mass is 10.1. The van der Waals surface area contributed by atoms with E-state index < -0.39 is 0 Å². The van der Waals surface area contributed by atoms with Crippen LogP contribution in [0.1, 0.15) is 30.6 Å². The van der Waals surface area contributed by atoms with Crippen LogP contribution in [0.25, 0.3) is 0 Å². The molecule has 23 heavy (non-hydrogen) atoms. The van der Waals surface area contributed by atoms with Gasteiger partial charge in [0.2, 0.25) is 0 Å². The molecule has 1 aromatic carbocycles. The van der Waals surface area contributed by atoms with E-state index in [1.54, 1.807) is 5.51 Å². The highest BCUT2D eigenvalue weighted by atomic mass is 32.1. The zero-order valence-corrected chi connectivity index (χ0v) is 14.1. The molecule has 0 aliphatic carbocycles. The maximum atomic E-state index is 12.0. The molecule has 3 rings (SSSR count). The molecule has 1 aliphatic heterocycles. The summed E-state index contributed by atoms with van der Waals surface area (Å²) in [5.41, 5.74) is 3.99. The van der Waals surface area contributed by atoms with Crippen LogP contribution in [-0.4, -0.2) is 35.0 Å². The first kappa shape index (κ1) is 16.0. The van der Waals surface area contributed by atoms with Crippen LogP contribution in [0.5, 0.6) is 0 Å². The highest BCUT2D eigenvalue weighted by molar-refractivity contribution is 7.07. The van der Waals surface area contributed by atoms with Gasteiger partial charge in [-0.3, -0.25) is 4.90 Å². The molecule has 0 bridgehead atoms. The van der Waals surface area contributed by atoms with Crippen molar-refractivity contribution in [1.82, 2.24) is 20.5 Å². The van der Waals surface area contributed by atoms with E-state index in [2.05, 4.69) is 51.7 Å². The van der Waals surface area contributed by atoms with Gasteiger partial charge in [-0.2, -0.15) is 0 Å². The first-order chi connectivity index (χ1) is 11.2. The van der Waals surface area contributed by atoms with Gasteiger partial charge in [0.05, 0.1) is 17.7 Å². The molecule has 0 radical (unpaired) electrons. The molecular weight excluding hydrogens is 308 g/mol. The number of rotatable bonds is 5. The molecule has 5 nitrogen and oxygen atoms in total. The van der Waals surface area contributed by atoms with Crippen molar-refractivity contribution in [3.05, 3.63) is 52.5 Å². The quantitative estimate of drug-likeness (QED) is 0.886. The second-order valence-corrected chi connectivity index (χ2v) is 6.59. The van der Waals surface area contributed by atoms with Crippen LogP contribution in [0, 0.1) is 0 Å². The van der Waals surface area contributed by atoms with E-state index in [0.29, 0.717) is 12.6 Å². The van der Waals surface area contributed by atoms with E-state index in [1.165, 1.54) is 16.9 Å². The number of carbonyl (C=O) groups is 1. The topological polar surface area (TPSA) is 57.3 Å². The Balaban J connectivity index is 1.45. The third-order valence-electron chi connectivity index (χ3n) is 4.30. The molecular formula is C17H22N4OS. The maximum absolute atomic E-state index is 12.0. The molecule has 6 heteroatoms. The van der Waals surface area contributed by atoms with Gasteiger partial charge in [0, 0.05) is 30.6 Å². The maximum Gasteiger partial charge on any atom is 0.315 e. The number of urea groups is 1. The van der Waals surface area contributed by atoms with Crippen LogP contribution in [0.15, 0.2) is 41.2 Å². The number of nitrogens with one attached hydrogen (secondary N) is 2. The number of likely N-dealkylation sites (tertiary alicyclic amines) is 1. The fourth-order valence-electron chi connectivity index (χ4n) is 2.93. The molecule has 1 aromatic heterocycles. The van der Waals surface area contributed by atoms with E-state index in [-0.39, 0.29) is 12.1 Å². The second kappa shape index (κ2) is 7.57. The summed E-state index contributed by atoms with van der Waals surface area (Å²) in [6.45, 7) is 4.60. The number of thiazole rings is 1. The summed E-state index contributed by atoms with van der Waals surface area (Å²) < 4.78 is 0. The Bertz CT molecular complexity index is 617. The standard InChI is InChI=1S/C17H22N4OS/c1-13(14-5-3-2-4-6-14)21-8-7-15(10-21)20-17(22)18-9-16-11-23-12-19-16/h2-6,11-13,15H,7-10H2,1H3,(H2,18,20,22)/t13-,15+/m0/s1. The van der Waals surface area contributed by atoms with Crippen molar-refractivity contribution in [2.24, 2.45) is 0 Å². The van der Waals surface area contributed by atoms with Crippen molar-refractivity contribution in [1.29, 1.82) is 0 Å². The highest BCUT2D eigenvalue weighted by Gasteiger charge is 2.27. The predicted octanol–water partition coefficient (Wildman–Crippen LogP) is 2.78. The smallest absolute Gasteiger partial charge is 0.315 e. The van der Waals surface area contributed by atoms with Crippen molar-refractivity contribution in [2.45, 2.75) is 32.0 Å². The highest BCUT2D eigenvalue weighted by Crippen LogP contribution is 2.24. The van der Waals surface area contributed by atoms with Gasteiger partial charge in [0.25, 0.3) is 0 Å². The van der Waals surface area contributed by atoms with E-state index in [4.69, 9.17) is 0 Å². The zero-order valence-electron chi connectivity index (χ0n) is 13.2. The Kier molecular flexibility index (Phi) is 5.25. The Labute approximate surface area is 140 Å². The lowest BCUT2D eigenvalue weighted by Crippen LogP contribution is -2.43. The minimum Gasteiger partial charge on any atom is -0.334 e. The van der Waals surface area contributed by atoms with Crippen LogP contribution >= 0.6 is 11.3 Å². The molecule has 2 amide bonds. The van der Waals surface area contributed by atoms with Gasteiger partial charge >= 0.3 is 6.03 Å². The van der Waals surface area contributed by atoms with E-state index in [1.807, 2.05) is 11.4 Å². The normalized spacial score (nSPS) is 19.4. The van der Waals surface area contributed by atoms with Gasteiger partial charge in [0.1, 0.15) is 0 Å². The zero-order chi connectivity index (χ0) is 16.1. The Morgan fingerprint density at radius 2 is 2.26 bits per heavy atom. The van der Waals surface area contributed by atoms with E-state index in [0.717, 1.165) is 25.2 Å². The summed E-state index contributed by atoms with van der Waals surface area (Å²) >= 11 is 1.54. The van der Waals surface area contributed by atoms with Gasteiger partial charge < -0.3 is 10.6 Å². The molecule has 1 saturated heterocycles. The number of nitrogens with zero attached hydrogens (tertiary/aromatic N) is 2. The minimum absolute atomic E-state index is 0.114. The lowest BCUT2D eigenvalue weighted by molar-refractivity contribution is 0.231. The van der Waals surface area contributed by atoms with Crippen molar-refractivity contribution >= 4 is 17.4 Å². The molecule has 2 heterocycles. The molecule has 0 spiro atoms. The summed E-state index contributed by atoms with van der Waals surface area (Å²) in [6, 6.07) is 11.0. The average Bonchev–Trinajstić information content (AvgIpc) is 3.25. The molecule has 1 fully saturated rings. The molecule has 0 unspecified atom stereocenters. The summed E-state index contributed by atoms with van der Waals surface area (Å²) in [6.07, 6.45) is 0.987. The number of hydrogen-bond donors (Lipinski definition) is 2. The largest absolute Gasteiger partial charge is 0.334 e. The minimum atomic E-state index is -0.114. The van der Waals surface area contributed by atoms with Crippen molar-refractivity contribution in [2.75, 3.05) is 13.1 Å². The average molecular weight is 330 g/mol. The first-order valence-corrected chi connectivity index (χ1v) is 8.87. The van der Waals surface area contributed by atoms with Crippen LogP contribution in [0.4, 0.5) is 4.79 Å². The fraction of sp³-hybridized carbons (Fsp3) is 0.412. The Morgan fingerprint density at radius 3 is 3.00 bits per heavy atom. The first-order valence-electron chi connectivity index (χ1n) is 7.93. The number of benzene rings is 1. The fourth-order valence-corrected chi connectivity index (χ4v) is 3.49.